The van der Waals surface area contributed by atoms with Crippen LogP contribution in [0.25, 0.3) is 0 Å². The molecule has 0 atom stereocenters. The molecule has 6 heteroatoms. The van der Waals surface area contributed by atoms with Crippen molar-refractivity contribution < 1.29 is 22.8 Å². The fourth-order valence-electron chi connectivity index (χ4n) is 4.04. The summed E-state index contributed by atoms with van der Waals surface area (Å²) in [6, 6.07) is 9.53. The highest BCUT2D eigenvalue weighted by molar-refractivity contribution is 6.60. The van der Waals surface area contributed by atoms with Crippen molar-refractivity contribution in [2.45, 2.75) is 76.4 Å². The Balaban J connectivity index is 1.66. The van der Waals surface area contributed by atoms with Crippen LogP contribution in [0.3, 0.4) is 0 Å². The first kappa shape index (κ1) is 24.3. The average Bonchev–Trinajstić information content (AvgIpc) is 2.78. The zero-order valence-corrected chi connectivity index (χ0v) is 19.8. The van der Waals surface area contributed by atoms with Crippen molar-refractivity contribution in [1.29, 1.82) is 0 Å². The molecule has 1 aromatic carbocycles. The molecule has 0 spiro atoms. The summed E-state index contributed by atoms with van der Waals surface area (Å²) in [5, 5.41) is 0. The minimum absolute atomic E-state index is 0.371. The minimum Gasteiger partial charge on any atom is -0.494 e. The number of benzene rings is 1. The predicted octanol–water partition coefficient (Wildman–Crippen LogP) is 5.57. The van der Waals surface area contributed by atoms with Crippen LogP contribution in [-0.2, 0) is 18.0 Å². The normalized spacial score (nSPS) is 20.0. The molecule has 1 fully saturated rings. The van der Waals surface area contributed by atoms with Crippen LogP contribution < -0.4 is 4.74 Å². The van der Waals surface area contributed by atoms with Gasteiger partial charge >= 0.3 is 8.80 Å². The van der Waals surface area contributed by atoms with Crippen LogP contribution in [0.2, 0.25) is 6.04 Å². The van der Waals surface area contributed by atoms with E-state index in [1.54, 1.807) is 21.3 Å². The van der Waals surface area contributed by atoms with Crippen LogP contribution in [0, 0.1) is 0 Å². The fraction of sp³-hybridized carbons (Fsp3) is 0.739. The Morgan fingerprint density at radius 1 is 0.828 bits per heavy atom. The van der Waals surface area contributed by atoms with Gasteiger partial charge in [-0.2, -0.15) is 0 Å². The lowest BCUT2D eigenvalue weighted by atomic mass is 9.83. The molecular weight excluding hydrogens is 384 g/mol. The zero-order chi connectivity index (χ0) is 21.0. The largest absolute Gasteiger partial charge is 0.500 e. The molecule has 1 aliphatic carbocycles. The summed E-state index contributed by atoms with van der Waals surface area (Å²) < 4.78 is 28.3. The maximum atomic E-state index is 6.11. The lowest BCUT2D eigenvalue weighted by Gasteiger charge is -2.29. The fourth-order valence-corrected chi connectivity index (χ4v) is 5.73. The number of hydrogen-bond donors (Lipinski definition) is 0. The first-order chi connectivity index (χ1) is 14.2. The summed E-state index contributed by atoms with van der Waals surface area (Å²) in [6.07, 6.45) is 9.50. The van der Waals surface area contributed by atoms with Crippen LogP contribution in [0.15, 0.2) is 24.3 Å². The van der Waals surface area contributed by atoms with Crippen molar-refractivity contribution in [3.8, 4) is 5.75 Å². The second-order valence-corrected chi connectivity index (χ2v) is 11.0. The Morgan fingerprint density at radius 2 is 1.48 bits per heavy atom. The van der Waals surface area contributed by atoms with E-state index in [2.05, 4.69) is 31.2 Å². The molecular formula is C23H40O5Si. The lowest BCUT2D eigenvalue weighted by molar-refractivity contribution is 0.0225. The summed E-state index contributed by atoms with van der Waals surface area (Å²) in [5.41, 5.74) is 1.43. The van der Waals surface area contributed by atoms with Gasteiger partial charge in [-0.05, 0) is 62.1 Å². The molecule has 0 aromatic heterocycles. The Labute approximate surface area is 178 Å². The van der Waals surface area contributed by atoms with E-state index >= 15 is 0 Å². The van der Waals surface area contributed by atoms with Crippen LogP contribution in [0.4, 0.5) is 0 Å². The van der Waals surface area contributed by atoms with Gasteiger partial charge in [-0.25, -0.2) is 0 Å². The van der Waals surface area contributed by atoms with Crippen molar-refractivity contribution in [3.63, 3.8) is 0 Å². The van der Waals surface area contributed by atoms with Gasteiger partial charge in [0.15, 0.2) is 0 Å². The Hall–Kier alpha value is -0.923. The quantitative estimate of drug-likeness (QED) is 0.289. The molecule has 0 N–H and O–H groups in total. The molecule has 0 aliphatic heterocycles. The van der Waals surface area contributed by atoms with Crippen molar-refractivity contribution in [3.05, 3.63) is 29.8 Å². The molecule has 166 valence electrons. The number of ether oxygens (including phenoxy) is 2. The molecule has 29 heavy (non-hydrogen) atoms. The van der Waals surface area contributed by atoms with Crippen molar-refractivity contribution in [1.82, 2.24) is 0 Å². The third-order valence-electron chi connectivity index (χ3n) is 5.96. The van der Waals surface area contributed by atoms with Crippen molar-refractivity contribution in [2.24, 2.45) is 0 Å². The van der Waals surface area contributed by atoms with E-state index in [0.29, 0.717) is 12.0 Å². The van der Waals surface area contributed by atoms with Gasteiger partial charge in [-0.3, -0.25) is 0 Å². The van der Waals surface area contributed by atoms with Crippen molar-refractivity contribution in [2.75, 3.05) is 34.5 Å². The number of unbranched alkanes of at least 4 members (excludes halogenated alkanes) is 2. The van der Waals surface area contributed by atoms with Gasteiger partial charge in [0.05, 0.1) is 12.7 Å². The van der Waals surface area contributed by atoms with E-state index in [1.165, 1.54) is 31.2 Å². The van der Waals surface area contributed by atoms with Crippen LogP contribution in [-0.4, -0.2) is 49.5 Å². The smallest absolute Gasteiger partial charge is 0.494 e. The SMILES string of the molecule is CCCCCOc1ccc([C@H]2CC[C@H](OCCC[Si](OC)(OC)OC)CC2)cc1. The van der Waals surface area contributed by atoms with Gasteiger partial charge in [0.25, 0.3) is 0 Å². The molecule has 0 saturated heterocycles. The van der Waals surface area contributed by atoms with Crippen LogP contribution in [0.1, 0.15) is 69.8 Å². The Bertz CT molecular complexity index is 530. The summed E-state index contributed by atoms with van der Waals surface area (Å²) in [4.78, 5) is 0. The standard InChI is InChI=1S/C23H40O5Si/c1-5-6-7-17-27-22-13-9-20(10-14-22)21-11-15-23(16-12-21)28-18-8-19-29(24-2,25-3)26-4/h9-10,13-14,21,23H,5-8,11-12,15-19H2,1-4H3/t21-,23-. The van der Waals surface area contributed by atoms with Gasteiger partial charge in [0.2, 0.25) is 0 Å². The highest BCUT2D eigenvalue weighted by Gasteiger charge is 2.37. The summed E-state index contributed by atoms with van der Waals surface area (Å²) in [7, 11) is 2.51. The van der Waals surface area contributed by atoms with E-state index < -0.39 is 8.80 Å². The van der Waals surface area contributed by atoms with E-state index in [9.17, 15) is 0 Å². The molecule has 5 nitrogen and oxygen atoms in total. The van der Waals surface area contributed by atoms with Crippen LogP contribution in [0.5, 0.6) is 5.75 Å². The van der Waals surface area contributed by atoms with Crippen LogP contribution >= 0.6 is 0 Å². The highest BCUT2D eigenvalue weighted by atomic mass is 28.4. The number of hydrogen-bond acceptors (Lipinski definition) is 5. The molecule has 0 heterocycles. The third kappa shape index (κ3) is 8.02. The topological polar surface area (TPSA) is 46.2 Å². The Morgan fingerprint density at radius 3 is 2.07 bits per heavy atom. The summed E-state index contributed by atoms with van der Waals surface area (Å²) in [5.74, 6) is 1.63. The monoisotopic (exact) mass is 424 g/mol. The van der Waals surface area contributed by atoms with Gasteiger partial charge < -0.3 is 22.8 Å². The maximum Gasteiger partial charge on any atom is 0.500 e. The van der Waals surface area contributed by atoms with E-state index in [-0.39, 0.29) is 0 Å². The molecule has 1 aromatic rings. The zero-order valence-electron chi connectivity index (χ0n) is 18.8. The second kappa shape index (κ2) is 13.4. The van der Waals surface area contributed by atoms with Gasteiger partial charge in [-0.1, -0.05) is 31.9 Å². The van der Waals surface area contributed by atoms with E-state index in [4.69, 9.17) is 22.8 Å². The van der Waals surface area contributed by atoms with Gasteiger partial charge in [0.1, 0.15) is 5.75 Å². The summed E-state index contributed by atoms with van der Waals surface area (Å²) in [6.45, 7) is 3.77. The third-order valence-corrected chi connectivity index (χ3v) is 8.79. The number of rotatable bonds is 14. The summed E-state index contributed by atoms with van der Waals surface area (Å²) >= 11 is 0. The van der Waals surface area contributed by atoms with Gasteiger partial charge in [0, 0.05) is 34.0 Å². The lowest BCUT2D eigenvalue weighted by Crippen LogP contribution is -2.42. The van der Waals surface area contributed by atoms with Crippen molar-refractivity contribution >= 4 is 8.80 Å². The molecule has 2 rings (SSSR count). The maximum absolute atomic E-state index is 6.11. The molecule has 1 aliphatic rings. The average molecular weight is 425 g/mol. The van der Waals surface area contributed by atoms with E-state index in [0.717, 1.165) is 50.7 Å². The molecule has 0 radical (unpaired) electrons. The Kier molecular flexibility index (Phi) is 11.2. The minimum atomic E-state index is -2.47. The highest BCUT2D eigenvalue weighted by Crippen LogP contribution is 2.34. The molecule has 1 saturated carbocycles. The second-order valence-electron chi connectivity index (χ2n) is 7.87. The van der Waals surface area contributed by atoms with E-state index in [1.807, 2.05) is 0 Å². The first-order valence-electron chi connectivity index (χ1n) is 11.2. The molecule has 0 unspecified atom stereocenters. The predicted molar refractivity (Wildman–Crippen MR) is 119 cm³/mol. The van der Waals surface area contributed by atoms with Gasteiger partial charge in [-0.15, -0.1) is 0 Å². The molecule has 0 bridgehead atoms. The first-order valence-corrected chi connectivity index (χ1v) is 13.1. The molecule has 0 amide bonds.